The van der Waals surface area contributed by atoms with Crippen LogP contribution in [0, 0.1) is 0 Å². The second kappa shape index (κ2) is 19.3. The molecule has 0 amide bonds. The number of rotatable bonds is 9. The highest BCUT2D eigenvalue weighted by Crippen LogP contribution is 2.65. The van der Waals surface area contributed by atoms with Crippen LogP contribution in [-0.4, -0.2) is 0 Å². The Morgan fingerprint density at radius 3 is 0.860 bits per heavy atom. The van der Waals surface area contributed by atoms with Crippen LogP contribution >= 0.6 is 0 Å². The topological polar surface area (TPSA) is 0 Å². The van der Waals surface area contributed by atoms with Crippen LogP contribution in [0.3, 0.4) is 0 Å². The van der Waals surface area contributed by atoms with E-state index in [1.165, 1.54) is 188 Å². The Kier molecular flexibility index (Phi) is 10.9. The molecule has 398 valence electrons. The third-order valence-electron chi connectivity index (χ3n) is 19.0. The normalized spacial score (nSPS) is 12.5. The Morgan fingerprint density at radius 1 is 0.174 bits per heavy atom. The first-order valence-electron chi connectivity index (χ1n) is 30.3. The molecule has 0 heteroatoms. The molecule has 0 aromatic heterocycles. The van der Waals surface area contributed by atoms with Crippen molar-refractivity contribution >= 4 is 37.9 Å². The molecule has 0 bridgehead atoms. The summed E-state index contributed by atoms with van der Waals surface area (Å²) in [5, 5.41) is 9.51. The lowest BCUT2D eigenvalue weighted by Crippen LogP contribution is -2.15. The van der Waals surface area contributed by atoms with Crippen LogP contribution in [-0.2, 0) is 6.42 Å². The molecule has 0 saturated heterocycles. The zero-order valence-corrected chi connectivity index (χ0v) is 47.3. The molecule has 0 heterocycles. The van der Waals surface area contributed by atoms with Crippen molar-refractivity contribution in [2.75, 3.05) is 0 Å². The maximum atomic E-state index is 2.64. The van der Waals surface area contributed by atoms with Gasteiger partial charge in [0.1, 0.15) is 0 Å². The van der Waals surface area contributed by atoms with Crippen molar-refractivity contribution in [3.05, 3.63) is 320 Å². The van der Waals surface area contributed by atoms with Crippen LogP contribution in [0.15, 0.2) is 303 Å². The Bertz CT molecular complexity index is 5290. The number of benzene rings is 15. The van der Waals surface area contributed by atoms with Gasteiger partial charge in [-0.1, -0.05) is 297 Å². The van der Waals surface area contributed by atoms with Gasteiger partial charge in [-0.05, 0) is 207 Å². The van der Waals surface area contributed by atoms with Gasteiger partial charge in [-0.25, -0.2) is 0 Å². The van der Waals surface area contributed by atoms with E-state index in [2.05, 4.69) is 303 Å². The largest absolute Gasteiger partial charge is 0.0622 e. The fourth-order valence-electron chi connectivity index (χ4n) is 15.8. The predicted molar refractivity (Wildman–Crippen MR) is 364 cm³/mol. The molecule has 15 aromatic carbocycles. The van der Waals surface area contributed by atoms with Gasteiger partial charge >= 0.3 is 0 Å². The lowest BCUT2D eigenvalue weighted by Gasteiger charge is -2.27. The molecule has 86 heavy (non-hydrogen) atoms. The minimum Gasteiger partial charge on any atom is -0.0622 e. The first-order chi connectivity index (χ1) is 42.8. The van der Waals surface area contributed by atoms with Gasteiger partial charge in [0, 0.05) is 0 Å². The summed E-state index contributed by atoms with van der Waals surface area (Å²) in [4.78, 5) is 0. The van der Waals surface area contributed by atoms with E-state index in [0.29, 0.717) is 0 Å². The predicted octanol–water partition coefficient (Wildman–Crippen LogP) is 22.6. The van der Waals surface area contributed by atoms with E-state index in [-0.39, 0.29) is 0 Å². The molecule has 18 rings (SSSR count). The molecule has 0 nitrogen and oxygen atoms in total. The monoisotopic (exact) mass is 1090 g/mol. The molecule has 0 spiro atoms. The molecule has 0 fully saturated rings. The summed E-state index contributed by atoms with van der Waals surface area (Å²) in [6.07, 6.45) is 1.82. The molecular weight excluding hydrogens is 1030 g/mol. The van der Waals surface area contributed by atoms with Gasteiger partial charge in [0.2, 0.25) is 0 Å². The van der Waals surface area contributed by atoms with Crippen molar-refractivity contribution in [2.45, 2.75) is 12.8 Å². The molecule has 3 aliphatic rings. The van der Waals surface area contributed by atoms with Crippen molar-refractivity contribution in [1.29, 1.82) is 0 Å². The van der Waals surface area contributed by atoms with E-state index in [4.69, 9.17) is 0 Å². The summed E-state index contributed by atoms with van der Waals surface area (Å²) in [5.41, 5.74) is 34.5. The summed E-state index contributed by atoms with van der Waals surface area (Å²) in [6.45, 7) is 0. The average molecular weight is 1090 g/mol. The number of hydrogen-bond donors (Lipinski definition) is 0. The summed E-state index contributed by atoms with van der Waals surface area (Å²) < 4.78 is 0. The Balaban J connectivity index is 1.03. The van der Waals surface area contributed by atoms with Crippen LogP contribution in [0.25, 0.3) is 171 Å². The minimum atomic E-state index is 0.911. The van der Waals surface area contributed by atoms with Crippen LogP contribution in [0.1, 0.15) is 17.5 Å². The van der Waals surface area contributed by atoms with Gasteiger partial charge in [0.15, 0.2) is 0 Å². The van der Waals surface area contributed by atoms with Crippen LogP contribution in [0.4, 0.5) is 0 Å². The van der Waals surface area contributed by atoms with E-state index >= 15 is 0 Å². The van der Waals surface area contributed by atoms with Crippen molar-refractivity contribution in [1.82, 2.24) is 0 Å². The molecule has 0 unspecified atom stereocenters. The first-order valence-corrected chi connectivity index (χ1v) is 30.3. The van der Waals surface area contributed by atoms with Crippen LogP contribution in [0.2, 0.25) is 0 Å². The highest BCUT2D eigenvalue weighted by molar-refractivity contribution is 6.37. The summed E-state index contributed by atoms with van der Waals surface area (Å²) >= 11 is 0. The second-order valence-corrected chi connectivity index (χ2v) is 23.4. The number of aryl methyl sites for hydroxylation is 1. The third-order valence-corrected chi connectivity index (χ3v) is 19.0. The maximum absolute atomic E-state index is 2.64. The molecule has 0 N–H and O–H groups in total. The average Bonchev–Trinajstić information content (AvgIpc) is 1.58. The van der Waals surface area contributed by atoms with Crippen molar-refractivity contribution < 1.29 is 0 Å². The van der Waals surface area contributed by atoms with Gasteiger partial charge < -0.3 is 0 Å². The molecule has 0 aliphatic heterocycles. The zero-order valence-electron chi connectivity index (χ0n) is 47.3. The van der Waals surface area contributed by atoms with Gasteiger partial charge in [0.05, 0.1) is 0 Å². The number of hydrogen-bond acceptors (Lipinski definition) is 0. The minimum absolute atomic E-state index is 0.911. The highest BCUT2D eigenvalue weighted by Gasteiger charge is 2.40. The lowest BCUT2D eigenvalue weighted by atomic mass is 9.75. The van der Waals surface area contributed by atoms with Crippen LogP contribution in [0.5, 0.6) is 0 Å². The van der Waals surface area contributed by atoms with Crippen molar-refractivity contribution in [3.63, 3.8) is 0 Å². The van der Waals surface area contributed by atoms with Gasteiger partial charge in [-0.2, -0.15) is 0 Å². The van der Waals surface area contributed by atoms with Crippen molar-refractivity contribution in [2.24, 2.45) is 0 Å². The maximum Gasteiger partial charge on any atom is -0.0000929 e. The van der Waals surface area contributed by atoms with E-state index in [9.17, 15) is 0 Å². The van der Waals surface area contributed by atoms with Gasteiger partial charge in [-0.15, -0.1) is 0 Å². The Labute approximate surface area is 500 Å². The molecular formula is C86H54. The lowest BCUT2D eigenvalue weighted by molar-refractivity contribution is 1.02. The molecule has 0 atom stereocenters. The summed E-state index contributed by atoms with van der Waals surface area (Å²) in [5.74, 6) is 0. The summed E-state index contributed by atoms with van der Waals surface area (Å²) in [7, 11) is 0. The molecule has 3 aliphatic carbocycles. The zero-order chi connectivity index (χ0) is 56.4. The van der Waals surface area contributed by atoms with Crippen molar-refractivity contribution in [3.8, 4) is 134 Å². The summed E-state index contributed by atoms with van der Waals surface area (Å²) in [6, 6.07) is 114. The van der Waals surface area contributed by atoms with E-state index < -0.39 is 0 Å². The second-order valence-electron chi connectivity index (χ2n) is 23.4. The van der Waals surface area contributed by atoms with E-state index in [1.807, 2.05) is 0 Å². The van der Waals surface area contributed by atoms with E-state index in [0.717, 1.165) is 12.8 Å². The Hall–Kier alpha value is -10.9. The molecule has 0 saturated carbocycles. The van der Waals surface area contributed by atoms with Crippen LogP contribution < -0.4 is 5.22 Å². The third kappa shape index (κ3) is 7.05. The molecule has 0 radical (unpaired) electrons. The Morgan fingerprint density at radius 2 is 0.477 bits per heavy atom. The number of fused-ring (bicyclic) bond motifs is 8. The quantitative estimate of drug-likeness (QED) is 0.0998. The SMILES string of the molecule is c1ccc(-c2cc3c4c5c6c(ccc5c5ccc7c(c2-c2c(-c8ccccc8)c(-c8ccccc8)c(-c8ccccc8)c(-c8ccccc8)c2-7)c35)-c2c(c(-c3ccccc3)c(-c3ccccc3)c(-c3ccccc3)c2-c2ccccc2)C=6CC4)cc1. The first kappa shape index (κ1) is 48.6. The standard InChI is InChI=1S/C86H54/c1-10-28-53(29-11-1)68-52-69-64-48-50-66-80-65(81-74(58-38-20-6-21-39-58)70(54-30-12-2-13-31-54)71(55-32-14-3-15-33-55)75(82(66)81)59-40-22-7-23-41-59)49-46-62(78(64)80)63-47-51-67-83-76(60-42-24-8-25-43-60)72(56-34-16-4-17-35-56)73(57-36-18-5-19-37-57)77(61-44-26-9-27-45-61)86(83)85(68)84(67)79(63)69/h1-47,49,51-52H,48,50H2. The van der Waals surface area contributed by atoms with Gasteiger partial charge in [0.25, 0.3) is 0 Å². The van der Waals surface area contributed by atoms with E-state index in [1.54, 1.807) is 0 Å². The fraction of sp³-hybridized carbons (Fsp3) is 0.0233. The fourth-order valence-corrected chi connectivity index (χ4v) is 15.8. The molecule has 15 aromatic rings. The smallest absolute Gasteiger partial charge is 0.0000929 e. The van der Waals surface area contributed by atoms with Gasteiger partial charge in [-0.3, -0.25) is 0 Å². The highest BCUT2D eigenvalue weighted by atomic mass is 14.4.